The van der Waals surface area contributed by atoms with Gasteiger partial charge in [0.05, 0.1) is 0 Å². The van der Waals surface area contributed by atoms with Gasteiger partial charge in [-0.05, 0) is 56.0 Å². The van der Waals surface area contributed by atoms with Crippen molar-refractivity contribution in [2.24, 2.45) is 11.8 Å². The molecule has 0 bridgehead atoms. The first-order valence-corrected chi connectivity index (χ1v) is 7.58. The van der Waals surface area contributed by atoms with Crippen molar-refractivity contribution >= 4 is 0 Å². The smallest absolute Gasteiger partial charge is 0.00954 e. The predicted octanol–water partition coefficient (Wildman–Crippen LogP) is 4.03. The molecular formula is C17H27N. The van der Waals surface area contributed by atoms with Gasteiger partial charge >= 0.3 is 0 Å². The van der Waals surface area contributed by atoms with E-state index in [4.69, 9.17) is 0 Å². The highest BCUT2D eigenvalue weighted by Gasteiger charge is 2.31. The van der Waals surface area contributed by atoms with E-state index in [-0.39, 0.29) is 0 Å². The van der Waals surface area contributed by atoms with Crippen LogP contribution < -0.4 is 5.32 Å². The molecule has 100 valence electrons. The SMILES string of the molecule is CCCNC1CCC(CCc2ccccc2)C1C. The summed E-state index contributed by atoms with van der Waals surface area (Å²) in [5.74, 6) is 1.76. The molecule has 3 unspecified atom stereocenters. The molecule has 1 heteroatoms. The standard InChI is InChI=1S/C17H27N/c1-3-13-18-17-12-11-16(14(17)2)10-9-15-7-5-4-6-8-15/h4-8,14,16-18H,3,9-13H2,1-2H3. The van der Waals surface area contributed by atoms with Crippen LogP contribution in [0.3, 0.4) is 0 Å². The van der Waals surface area contributed by atoms with Gasteiger partial charge in [0.2, 0.25) is 0 Å². The molecule has 1 N–H and O–H groups in total. The first-order chi connectivity index (χ1) is 8.81. The van der Waals surface area contributed by atoms with Crippen molar-refractivity contribution in [3.8, 4) is 0 Å². The Kier molecular flexibility index (Phi) is 5.25. The lowest BCUT2D eigenvalue weighted by Gasteiger charge is -2.21. The zero-order valence-electron chi connectivity index (χ0n) is 11.9. The fourth-order valence-corrected chi connectivity index (χ4v) is 3.27. The average Bonchev–Trinajstić information content (AvgIpc) is 2.76. The Morgan fingerprint density at radius 2 is 1.94 bits per heavy atom. The first kappa shape index (κ1) is 13.6. The third kappa shape index (κ3) is 3.58. The molecule has 1 fully saturated rings. The molecule has 18 heavy (non-hydrogen) atoms. The van der Waals surface area contributed by atoms with Crippen LogP contribution in [0.1, 0.15) is 45.1 Å². The Morgan fingerprint density at radius 3 is 2.67 bits per heavy atom. The topological polar surface area (TPSA) is 12.0 Å². The van der Waals surface area contributed by atoms with Crippen LogP contribution in [0.15, 0.2) is 30.3 Å². The molecule has 1 aromatic carbocycles. The van der Waals surface area contributed by atoms with E-state index in [9.17, 15) is 0 Å². The number of aryl methyl sites for hydroxylation is 1. The van der Waals surface area contributed by atoms with Gasteiger partial charge in [-0.3, -0.25) is 0 Å². The molecule has 0 saturated heterocycles. The van der Waals surface area contributed by atoms with Crippen molar-refractivity contribution in [2.45, 2.75) is 52.0 Å². The van der Waals surface area contributed by atoms with Crippen LogP contribution in [0.4, 0.5) is 0 Å². The van der Waals surface area contributed by atoms with E-state index >= 15 is 0 Å². The van der Waals surface area contributed by atoms with Crippen LogP contribution in [0.5, 0.6) is 0 Å². The third-order valence-electron chi connectivity index (χ3n) is 4.53. The lowest BCUT2D eigenvalue weighted by molar-refractivity contribution is 0.337. The van der Waals surface area contributed by atoms with Gasteiger partial charge in [-0.2, -0.15) is 0 Å². The Bertz CT molecular complexity index is 333. The van der Waals surface area contributed by atoms with Crippen molar-refractivity contribution in [3.63, 3.8) is 0 Å². The molecule has 3 atom stereocenters. The molecule has 0 heterocycles. The fourth-order valence-electron chi connectivity index (χ4n) is 3.27. The van der Waals surface area contributed by atoms with E-state index in [0.29, 0.717) is 0 Å². The highest BCUT2D eigenvalue weighted by Crippen LogP contribution is 2.34. The predicted molar refractivity (Wildman–Crippen MR) is 78.7 cm³/mol. The van der Waals surface area contributed by atoms with Crippen LogP contribution in [0.2, 0.25) is 0 Å². The molecule has 0 spiro atoms. The summed E-state index contributed by atoms with van der Waals surface area (Å²) < 4.78 is 0. The highest BCUT2D eigenvalue weighted by atomic mass is 14.9. The van der Waals surface area contributed by atoms with Crippen LogP contribution in [0.25, 0.3) is 0 Å². The summed E-state index contributed by atoms with van der Waals surface area (Å²) >= 11 is 0. The lowest BCUT2D eigenvalue weighted by atomic mass is 9.90. The first-order valence-electron chi connectivity index (χ1n) is 7.58. The van der Waals surface area contributed by atoms with Crippen molar-refractivity contribution < 1.29 is 0 Å². The minimum absolute atomic E-state index is 0.769. The summed E-state index contributed by atoms with van der Waals surface area (Å²) in [7, 11) is 0. The zero-order valence-corrected chi connectivity index (χ0v) is 11.9. The van der Waals surface area contributed by atoms with E-state index in [1.807, 2.05) is 0 Å². The second-order valence-electron chi connectivity index (χ2n) is 5.78. The summed E-state index contributed by atoms with van der Waals surface area (Å²) in [6.07, 6.45) is 6.64. The van der Waals surface area contributed by atoms with Gasteiger partial charge in [0.1, 0.15) is 0 Å². The van der Waals surface area contributed by atoms with E-state index in [0.717, 1.165) is 17.9 Å². The number of rotatable bonds is 6. The van der Waals surface area contributed by atoms with E-state index in [1.54, 1.807) is 0 Å². The second-order valence-corrected chi connectivity index (χ2v) is 5.78. The molecule has 0 aliphatic heterocycles. The molecule has 1 aromatic rings. The van der Waals surface area contributed by atoms with Gasteiger partial charge in [0.15, 0.2) is 0 Å². The second kappa shape index (κ2) is 6.94. The molecular weight excluding hydrogens is 218 g/mol. The Balaban J connectivity index is 1.77. The normalized spacial score (nSPS) is 27.6. The van der Waals surface area contributed by atoms with E-state index in [1.165, 1.54) is 44.2 Å². The summed E-state index contributed by atoms with van der Waals surface area (Å²) in [4.78, 5) is 0. The maximum Gasteiger partial charge on any atom is 0.00954 e. The Morgan fingerprint density at radius 1 is 1.17 bits per heavy atom. The number of nitrogens with one attached hydrogen (secondary N) is 1. The van der Waals surface area contributed by atoms with Gasteiger partial charge in [-0.15, -0.1) is 0 Å². The number of benzene rings is 1. The lowest BCUT2D eigenvalue weighted by Crippen LogP contribution is -2.33. The molecule has 2 rings (SSSR count). The summed E-state index contributed by atoms with van der Waals surface area (Å²) in [5, 5.41) is 3.71. The summed E-state index contributed by atoms with van der Waals surface area (Å²) in [6, 6.07) is 11.7. The molecule has 0 amide bonds. The van der Waals surface area contributed by atoms with E-state index in [2.05, 4.69) is 49.5 Å². The fraction of sp³-hybridized carbons (Fsp3) is 0.647. The third-order valence-corrected chi connectivity index (χ3v) is 4.53. The zero-order chi connectivity index (χ0) is 12.8. The molecule has 1 aliphatic rings. The van der Waals surface area contributed by atoms with Gasteiger partial charge in [-0.25, -0.2) is 0 Å². The van der Waals surface area contributed by atoms with Crippen LogP contribution in [0, 0.1) is 11.8 Å². The summed E-state index contributed by atoms with van der Waals surface area (Å²) in [6.45, 7) is 5.87. The molecule has 0 aromatic heterocycles. The largest absolute Gasteiger partial charge is 0.314 e. The van der Waals surface area contributed by atoms with Crippen molar-refractivity contribution in [2.75, 3.05) is 6.54 Å². The van der Waals surface area contributed by atoms with Crippen molar-refractivity contribution in [1.82, 2.24) is 5.32 Å². The molecule has 1 aliphatic carbocycles. The highest BCUT2D eigenvalue weighted by molar-refractivity contribution is 5.14. The van der Waals surface area contributed by atoms with Crippen LogP contribution in [-0.2, 0) is 6.42 Å². The van der Waals surface area contributed by atoms with Gasteiger partial charge in [-0.1, -0.05) is 44.2 Å². The number of hydrogen-bond donors (Lipinski definition) is 1. The monoisotopic (exact) mass is 245 g/mol. The maximum absolute atomic E-state index is 3.71. The van der Waals surface area contributed by atoms with Crippen LogP contribution >= 0.6 is 0 Å². The van der Waals surface area contributed by atoms with Gasteiger partial charge in [0, 0.05) is 6.04 Å². The Hall–Kier alpha value is -0.820. The average molecular weight is 245 g/mol. The minimum Gasteiger partial charge on any atom is -0.314 e. The van der Waals surface area contributed by atoms with Gasteiger partial charge < -0.3 is 5.32 Å². The summed E-state index contributed by atoms with van der Waals surface area (Å²) in [5.41, 5.74) is 1.50. The van der Waals surface area contributed by atoms with Gasteiger partial charge in [0.25, 0.3) is 0 Å². The van der Waals surface area contributed by atoms with Crippen molar-refractivity contribution in [3.05, 3.63) is 35.9 Å². The van der Waals surface area contributed by atoms with Crippen LogP contribution in [-0.4, -0.2) is 12.6 Å². The van der Waals surface area contributed by atoms with Crippen molar-refractivity contribution in [1.29, 1.82) is 0 Å². The van der Waals surface area contributed by atoms with E-state index < -0.39 is 0 Å². The molecule has 1 nitrogen and oxygen atoms in total. The Labute approximate surface area is 112 Å². The quantitative estimate of drug-likeness (QED) is 0.798. The number of hydrogen-bond acceptors (Lipinski definition) is 1. The maximum atomic E-state index is 3.71. The molecule has 0 radical (unpaired) electrons. The minimum atomic E-state index is 0.769. The molecule has 1 saturated carbocycles.